The molecule has 0 saturated carbocycles. The molecule has 0 spiro atoms. The fourth-order valence-electron chi connectivity index (χ4n) is 3.21. The smallest absolute Gasteiger partial charge is 0.410 e. The van der Waals surface area contributed by atoms with Crippen LogP contribution in [0.3, 0.4) is 0 Å². The van der Waals surface area contributed by atoms with Gasteiger partial charge in [-0.2, -0.15) is 11.8 Å². The Kier molecular flexibility index (Phi) is 4.69. The van der Waals surface area contributed by atoms with Crippen molar-refractivity contribution >= 4 is 23.8 Å². The summed E-state index contributed by atoms with van der Waals surface area (Å²) in [4.78, 5) is 25.5. The monoisotopic (exact) mass is 331 g/mol. The molecule has 0 radical (unpaired) electrons. The highest BCUT2D eigenvalue weighted by Gasteiger charge is 2.59. The predicted molar refractivity (Wildman–Crippen MR) is 84.0 cm³/mol. The highest BCUT2D eigenvalue weighted by Crippen LogP contribution is 2.48. The number of carbonyl (C=O) groups is 2. The van der Waals surface area contributed by atoms with Crippen molar-refractivity contribution < 1.29 is 24.5 Å². The summed E-state index contributed by atoms with van der Waals surface area (Å²) < 4.78 is 5.35. The molecule has 0 bridgehead atoms. The number of piperidine rings is 1. The van der Waals surface area contributed by atoms with Crippen LogP contribution in [0.15, 0.2) is 0 Å². The summed E-state index contributed by atoms with van der Waals surface area (Å²) in [6.07, 6.45) is 0.928. The van der Waals surface area contributed by atoms with Gasteiger partial charge in [0.2, 0.25) is 0 Å². The number of β-amino-alcohol motifs (C(OH)–C–C–N with tert-alkyl or cyclic N) is 1. The zero-order valence-corrected chi connectivity index (χ0v) is 14.2. The zero-order chi connectivity index (χ0) is 16.6. The molecule has 2 aliphatic heterocycles. The fraction of sp³-hybridized carbons (Fsp3) is 0.867. The minimum Gasteiger partial charge on any atom is -0.481 e. The molecule has 126 valence electrons. The number of ether oxygens (including phenoxy) is 1. The highest BCUT2D eigenvalue weighted by molar-refractivity contribution is 7.99. The molecule has 2 unspecified atom stereocenters. The Morgan fingerprint density at radius 3 is 2.45 bits per heavy atom. The number of amides is 1. The summed E-state index contributed by atoms with van der Waals surface area (Å²) in [6, 6.07) is 0. The van der Waals surface area contributed by atoms with Crippen LogP contribution in [-0.2, 0) is 9.53 Å². The number of carboxylic acid groups (broad SMARTS) is 1. The topological polar surface area (TPSA) is 87.1 Å². The van der Waals surface area contributed by atoms with Crippen LogP contribution in [0.25, 0.3) is 0 Å². The Bertz CT molecular complexity index is 455. The quantitative estimate of drug-likeness (QED) is 0.804. The van der Waals surface area contributed by atoms with Crippen LogP contribution in [-0.4, -0.2) is 63.0 Å². The van der Waals surface area contributed by atoms with Crippen molar-refractivity contribution in [3.05, 3.63) is 0 Å². The normalized spacial score (nSPS) is 32.8. The first-order valence-electron chi connectivity index (χ1n) is 7.61. The average Bonchev–Trinajstić information content (AvgIpc) is 2.87. The first kappa shape index (κ1) is 17.4. The molecule has 22 heavy (non-hydrogen) atoms. The molecule has 2 rings (SSSR count). The van der Waals surface area contributed by atoms with Gasteiger partial charge < -0.3 is 19.8 Å². The Labute approximate surface area is 135 Å². The van der Waals surface area contributed by atoms with Crippen LogP contribution < -0.4 is 0 Å². The second-order valence-corrected chi connectivity index (χ2v) is 8.33. The second kappa shape index (κ2) is 5.92. The number of carboxylic acids is 1. The third kappa shape index (κ3) is 3.20. The van der Waals surface area contributed by atoms with Crippen LogP contribution in [0.5, 0.6) is 0 Å². The standard InChI is InChI=1S/C15H25NO5S/c1-13(2,3)21-12(19)16-7-4-5-15(20,9-16)14(11(17)18)6-8-22-10-14/h20H,4-10H2,1-3H3,(H,17,18). The number of aliphatic carboxylic acids is 1. The number of hydrogen-bond acceptors (Lipinski definition) is 5. The van der Waals surface area contributed by atoms with Gasteiger partial charge in [0.25, 0.3) is 0 Å². The molecule has 0 aromatic carbocycles. The van der Waals surface area contributed by atoms with E-state index in [1.807, 2.05) is 0 Å². The summed E-state index contributed by atoms with van der Waals surface area (Å²) in [5.41, 5.74) is -3.17. The molecular weight excluding hydrogens is 306 g/mol. The van der Waals surface area contributed by atoms with Crippen LogP contribution in [0.1, 0.15) is 40.0 Å². The summed E-state index contributed by atoms with van der Waals surface area (Å²) >= 11 is 1.55. The van der Waals surface area contributed by atoms with Gasteiger partial charge in [-0.05, 0) is 45.8 Å². The maximum absolute atomic E-state index is 12.2. The summed E-state index contributed by atoms with van der Waals surface area (Å²) in [5.74, 6) is 0.147. The van der Waals surface area contributed by atoms with Gasteiger partial charge in [-0.3, -0.25) is 4.79 Å². The van der Waals surface area contributed by atoms with Crippen molar-refractivity contribution in [2.45, 2.75) is 51.2 Å². The van der Waals surface area contributed by atoms with E-state index in [-0.39, 0.29) is 6.54 Å². The van der Waals surface area contributed by atoms with Gasteiger partial charge in [-0.15, -0.1) is 0 Å². The fourth-order valence-corrected chi connectivity index (χ4v) is 4.73. The van der Waals surface area contributed by atoms with E-state index in [9.17, 15) is 19.8 Å². The molecule has 0 aromatic rings. The van der Waals surface area contributed by atoms with E-state index in [0.29, 0.717) is 31.6 Å². The molecule has 2 atom stereocenters. The first-order valence-corrected chi connectivity index (χ1v) is 8.77. The van der Waals surface area contributed by atoms with Gasteiger partial charge in [-0.25, -0.2) is 4.79 Å². The van der Waals surface area contributed by atoms with Crippen LogP contribution in [0, 0.1) is 5.41 Å². The van der Waals surface area contributed by atoms with E-state index in [0.717, 1.165) is 5.75 Å². The molecule has 7 heteroatoms. The molecule has 2 fully saturated rings. The molecular formula is C15H25NO5S. The zero-order valence-electron chi connectivity index (χ0n) is 13.4. The van der Waals surface area contributed by atoms with Gasteiger partial charge in [0.15, 0.2) is 0 Å². The average molecular weight is 331 g/mol. The van der Waals surface area contributed by atoms with Crippen LogP contribution >= 0.6 is 11.8 Å². The number of nitrogens with zero attached hydrogens (tertiary/aromatic N) is 1. The first-order chi connectivity index (χ1) is 10.1. The molecule has 6 nitrogen and oxygen atoms in total. The minimum atomic E-state index is -1.39. The Hall–Kier alpha value is -0.950. The van der Waals surface area contributed by atoms with Crippen LogP contribution in [0.2, 0.25) is 0 Å². The van der Waals surface area contributed by atoms with E-state index >= 15 is 0 Å². The molecule has 0 aromatic heterocycles. The summed E-state index contributed by atoms with van der Waals surface area (Å²) in [7, 11) is 0. The number of rotatable bonds is 2. The summed E-state index contributed by atoms with van der Waals surface area (Å²) in [6.45, 7) is 5.86. The molecule has 2 saturated heterocycles. The van der Waals surface area contributed by atoms with Crippen molar-refractivity contribution in [1.29, 1.82) is 0 Å². The summed E-state index contributed by atoms with van der Waals surface area (Å²) in [5, 5.41) is 20.8. The van der Waals surface area contributed by atoms with Gasteiger partial charge in [0.05, 0.1) is 12.1 Å². The molecule has 2 aliphatic rings. The van der Waals surface area contributed by atoms with Gasteiger partial charge in [0.1, 0.15) is 11.0 Å². The highest BCUT2D eigenvalue weighted by atomic mass is 32.2. The van der Waals surface area contributed by atoms with Crippen molar-refractivity contribution in [2.75, 3.05) is 24.6 Å². The molecule has 1 amide bonds. The number of aliphatic hydroxyl groups is 1. The lowest BCUT2D eigenvalue weighted by Crippen LogP contribution is -2.62. The number of thioether (sulfide) groups is 1. The predicted octanol–water partition coefficient (Wildman–Crippen LogP) is 1.96. The molecule has 2 heterocycles. The van der Waals surface area contributed by atoms with Gasteiger partial charge in [0, 0.05) is 12.3 Å². The van der Waals surface area contributed by atoms with E-state index in [1.54, 1.807) is 32.5 Å². The number of carbonyl (C=O) groups excluding carboxylic acids is 1. The van der Waals surface area contributed by atoms with Crippen molar-refractivity contribution in [1.82, 2.24) is 4.90 Å². The Balaban J connectivity index is 2.18. The minimum absolute atomic E-state index is 0.0226. The maximum atomic E-state index is 12.2. The number of hydrogen-bond donors (Lipinski definition) is 2. The van der Waals surface area contributed by atoms with E-state index < -0.39 is 28.7 Å². The van der Waals surface area contributed by atoms with Crippen LogP contribution in [0.4, 0.5) is 4.79 Å². The Morgan fingerprint density at radius 2 is 1.95 bits per heavy atom. The van der Waals surface area contributed by atoms with Gasteiger partial charge >= 0.3 is 12.1 Å². The lowest BCUT2D eigenvalue weighted by molar-refractivity contribution is -0.173. The SMILES string of the molecule is CC(C)(C)OC(=O)N1CCCC(O)(C2(C(=O)O)CCSC2)C1. The Morgan fingerprint density at radius 1 is 1.27 bits per heavy atom. The lowest BCUT2D eigenvalue weighted by atomic mass is 9.67. The van der Waals surface area contributed by atoms with Crippen molar-refractivity contribution in [3.8, 4) is 0 Å². The second-order valence-electron chi connectivity index (χ2n) is 7.23. The maximum Gasteiger partial charge on any atom is 0.410 e. The molecule has 2 N–H and O–H groups in total. The van der Waals surface area contributed by atoms with E-state index in [4.69, 9.17) is 4.74 Å². The van der Waals surface area contributed by atoms with E-state index in [1.165, 1.54) is 4.90 Å². The lowest BCUT2D eigenvalue weighted by Gasteiger charge is -2.47. The van der Waals surface area contributed by atoms with Crippen molar-refractivity contribution in [3.63, 3.8) is 0 Å². The van der Waals surface area contributed by atoms with Crippen molar-refractivity contribution in [2.24, 2.45) is 5.41 Å². The third-order valence-corrected chi connectivity index (χ3v) is 5.63. The number of likely N-dealkylation sites (tertiary alicyclic amines) is 1. The van der Waals surface area contributed by atoms with Gasteiger partial charge in [-0.1, -0.05) is 0 Å². The third-order valence-electron chi connectivity index (χ3n) is 4.44. The van der Waals surface area contributed by atoms with E-state index in [2.05, 4.69) is 0 Å². The molecule has 0 aliphatic carbocycles. The largest absolute Gasteiger partial charge is 0.481 e.